The Hall–Kier alpha value is -2.73. The van der Waals surface area contributed by atoms with Crippen molar-refractivity contribution in [1.29, 1.82) is 0 Å². The van der Waals surface area contributed by atoms with Gasteiger partial charge in [0.25, 0.3) is 5.91 Å². The smallest absolute Gasteiger partial charge is 0.275 e. The summed E-state index contributed by atoms with van der Waals surface area (Å²) in [5.74, 6) is -1.07. The molecule has 0 radical (unpaired) electrons. The molecular formula is C22H21ClFN3O2. The normalized spacial score (nSPS) is 18.1. The maximum absolute atomic E-state index is 13.4. The second kappa shape index (κ2) is 7.95. The van der Waals surface area contributed by atoms with E-state index in [-0.39, 0.29) is 18.4 Å². The molecule has 0 aromatic heterocycles. The van der Waals surface area contributed by atoms with Gasteiger partial charge in [-0.3, -0.25) is 14.6 Å². The Morgan fingerprint density at radius 1 is 1.14 bits per heavy atom. The third-order valence-corrected chi connectivity index (χ3v) is 5.70. The van der Waals surface area contributed by atoms with Gasteiger partial charge in [0.2, 0.25) is 5.91 Å². The number of benzene rings is 2. The first-order valence-corrected chi connectivity index (χ1v) is 10.1. The van der Waals surface area contributed by atoms with Crippen molar-refractivity contribution in [1.82, 2.24) is 4.90 Å². The molecule has 29 heavy (non-hydrogen) atoms. The van der Waals surface area contributed by atoms with Crippen LogP contribution in [0.15, 0.2) is 53.5 Å². The number of hydrogen-bond donors (Lipinski definition) is 1. The van der Waals surface area contributed by atoms with E-state index in [1.807, 2.05) is 0 Å². The largest absolute Gasteiger partial charge is 0.324 e. The van der Waals surface area contributed by atoms with E-state index >= 15 is 0 Å². The second-order valence-electron chi connectivity index (χ2n) is 7.46. The topological polar surface area (TPSA) is 61.8 Å². The minimum absolute atomic E-state index is 0.129. The molecule has 1 saturated carbocycles. The number of anilines is 1. The summed E-state index contributed by atoms with van der Waals surface area (Å²) in [5, 5.41) is 3.26. The van der Waals surface area contributed by atoms with E-state index in [0.717, 1.165) is 32.1 Å². The van der Waals surface area contributed by atoms with Crippen LogP contribution in [0.2, 0.25) is 5.02 Å². The lowest BCUT2D eigenvalue weighted by Crippen LogP contribution is -2.51. The number of aliphatic imine (C=N–C) groups is 1. The third kappa shape index (κ3) is 4.03. The molecule has 1 spiro atoms. The summed E-state index contributed by atoms with van der Waals surface area (Å²) in [6.45, 7) is -0.129. The molecule has 2 amide bonds. The van der Waals surface area contributed by atoms with E-state index in [0.29, 0.717) is 22.0 Å². The van der Waals surface area contributed by atoms with Crippen LogP contribution < -0.4 is 5.32 Å². The molecule has 1 heterocycles. The predicted octanol–water partition coefficient (Wildman–Crippen LogP) is 4.41. The summed E-state index contributed by atoms with van der Waals surface area (Å²) >= 11 is 5.97. The Morgan fingerprint density at radius 3 is 2.55 bits per heavy atom. The molecule has 1 N–H and O–H groups in total. The Bertz CT molecular complexity index is 968. The Balaban J connectivity index is 1.58. The average molecular weight is 414 g/mol. The number of carbonyl (C=O) groups excluding carboxylic acids is 2. The van der Waals surface area contributed by atoms with Crippen molar-refractivity contribution in [2.45, 2.75) is 37.8 Å². The van der Waals surface area contributed by atoms with Crippen LogP contribution in [0.3, 0.4) is 0 Å². The first-order chi connectivity index (χ1) is 14.0. The van der Waals surface area contributed by atoms with Gasteiger partial charge < -0.3 is 10.2 Å². The number of hydrogen-bond acceptors (Lipinski definition) is 3. The molecule has 1 fully saturated rings. The molecule has 0 atom stereocenters. The summed E-state index contributed by atoms with van der Waals surface area (Å²) in [6, 6.07) is 12.7. The van der Waals surface area contributed by atoms with Crippen LogP contribution in [0.25, 0.3) is 0 Å². The molecule has 1 aliphatic carbocycles. The van der Waals surface area contributed by atoms with Crippen molar-refractivity contribution < 1.29 is 14.0 Å². The van der Waals surface area contributed by atoms with Gasteiger partial charge in [-0.15, -0.1) is 0 Å². The molecular weight excluding hydrogens is 393 g/mol. The van der Waals surface area contributed by atoms with Gasteiger partial charge >= 0.3 is 0 Å². The molecule has 7 heteroatoms. The van der Waals surface area contributed by atoms with E-state index in [1.165, 1.54) is 18.2 Å². The van der Waals surface area contributed by atoms with E-state index in [1.54, 1.807) is 35.2 Å². The highest BCUT2D eigenvalue weighted by Gasteiger charge is 2.48. The molecule has 2 aliphatic rings. The fourth-order valence-electron chi connectivity index (χ4n) is 4.06. The van der Waals surface area contributed by atoms with E-state index in [9.17, 15) is 14.0 Å². The van der Waals surface area contributed by atoms with Crippen LogP contribution in [-0.2, 0) is 9.59 Å². The van der Waals surface area contributed by atoms with Crippen molar-refractivity contribution in [2.75, 3.05) is 11.9 Å². The standard InChI is InChI=1S/C22H21ClFN3O2/c23-16-9-7-15(8-10-16)20-21(29)27(22(26-20)11-2-1-3-12-22)14-19(28)25-18-6-4-5-17(24)13-18/h4-10,13H,1-3,11-12,14H2,(H,25,28). The van der Waals surface area contributed by atoms with Gasteiger partial charge in [0.15, 0.2) is 0 Å². The fraction of sp³-hybridized carbons (Fsp3) is 0.318. The molecule has 150 valence electrons. The molecule has 0 saturated heterocycles. The fourth-order valence-corrected chi connectivity index (χ4v) is 4.18. The summed E-state index contributed by atoms with van der Waals surface area (Å²) in [4.78, 5) is 32.3. The van der Waals surface area contributed by atoms with Crippen molar-refractivity contribution in [3.05, 3.63) is 64.9 Å². The minimum atomic E-state index is -0.691. The highest BCUT2D eigenvalue weighted by atomic mass is 35.5. The molecule has 0 bridgehead atoms. The highest BCUT2D eigenvalue weighted by Crippen LogP contribution is 2.39. The van der Waals surface area contributed by atoms with Gasteiger partial charge in [-0.1, -0.05) is 36.2 Å². The Kier molecular flexibility index (Phi) is 5.37. The van der Waals surface area contributed by atoms with Gasteiger partial charge in [0.1, 0.15) is 23.7 Å². The number of halogens is 2. The lowest BCUT2D eigenvalue weighted by atomic mass is 9.88. The van der Waals surface area contributed by atoms with E-state index in [2.05, 4.69) is 5.32 Å². The van der Waals surface area contributed by atoms with Gasteiger partial charge in [-0.2, -0.15) is 0 Å². The number of nitrogens with one attached hydrogen (secondary N) is 1. The van der Waals surface area contributed by atoms with Crippen molar-refractivity contribution in [2.24, 2.45) is 4.99 Å². The molecule has 2 aromatic rings. The SMILES string of the molecule is O=C(CN1C(=O)C(c2ccc(Cl)cc2)=NC12CCCCC2)Nc1cccc(F)c1. The number of rotatable bonds is 4. The molecule has 5 nitrogen and oxygen atoms in total. The second-order valence-corrected chi connectivity index (χ2v) is 7.90. The first-order valence-electron chi connectivity index (χ1n) is 9.70. The zero-order valence-corrected chi connectivity index (χ0v) is 16.6. The van der Waals surface area contributed by atoms with Crippen LogP contribution in [0.4, 0.5) is 10.1 Å². The molecule has 2 aromatic carbocycles. The number of amides is 2. The van der Waals surface area contributed by atoms with Gasteiger partial charge in [-0.05, 0) is 56.0 Å². The minimum Gasteiger partial charge on any atom is -0.324 e. The molecule has 4 rings (SSSR count). The summed E-state index contributed by atoms with van der Waals surface area (Å²) in [6.07, 6.45) is 4.44. The highest BCUT2D eigenvalue weighted by molar-refractivity contribution is 6.47. The Labute approximate surface area is 173 Å². The quantitative estimate of drug-likeness (QED) is 0.807. The third-order valence-electron chi connectivity index (χ3n) is 5.45. The van der Waals surface area contributed by atoms with Gasteiger partial charge in [-0.25, -0.2) is 4.39 Å². The summed E-state index contributed by atoms with van der Waals surface area (Å²) in [5.41, 5.74) is 0.724. The summed E-state index contributed by atoms with van der Waals surface area (Å²) < 4.78 is 13.4. The average Bonchev–Trinajstić information content (AvgIpc) is 2.95. The predicted molar refractivity (Wildman–Crippen MR) is 111 cm³/mol. The van der Waals surface area contributed by atoms with Crippen LogP contribution in [0.5, 0.6) is 0 Å². The lowest BCUT2D eigenvalue weighted by molar-refractivity contribution is -0.134. The zero-order valence-electron chi connectivity index (χ0n) is 15.8. The van der Waals surface area contributed by atoms with Crippen molar-refractivity contribution >= 4 is 34.8 Å². The van der Waals surface area contributed by atoms with Crippen molar-refractivity contribution in [3.63, 3.8) is 0 Å². The van der Waals surface area contributed by atoms with Gasteiger partial charge in [0, 0.05) is 16.3 Å². The number of nitrogens with zero attached hydrogens (tertiary/aromatic N) is 2. The zero-order chi connectivity index (χ0) is 20.4. The van der Waals surface area contributed by atoms with Crippen LogP contribution in [-0.4, -0.2) is 34.6 Å². The maximum Gasteiger partial charge on any atom is 0.275 e. The van der Waals surface area contributed by atoms with Crippen LogP contribution in [0, 0.1) is 5.82 Å². The lowest BCUT2D eigenvalue weighted by Gasteiger charge is -2.38. The van der Waals surface area contributed by atoms with Crippen LogP contribution in [0.1, 0.15) is 37.7 Å². The Morgan fingerprint density at radius 2 is 1.86 bits per heavy atom. The van der Waals surface area contributed by atoms with E-state index < -0.39 is 11.5 Å². The van der Waals surface area contributed by atoms with Crippen LogP contribution >= 0.6 is 11.6 Å². The number of carbonyl (C=O) groups is 2. The van der Waals surface area contributed by atoms with E-state index in [4.69, 9.17) is 16.6 Å². The van der Waals surface area contributed by atoms with Crippen molar-refractivity contribution in [3.8, 4) is 0 Å². The maximum atomic E-state index is 13.4. The molecule has 1 aliphatic heterocycles. The summed E-state index contributed by atoms with van der Waals surface area (Å²) in [7, 11) is 0. The molecule has 0 unspecified atom stereocenters. The first kappa shape index (κ1) is 19.6. The monoisotopic (exact) mass is 413 g/mol. The van der Waals surface area contributed by atoms with Gasteiger partial charge in [0.05, 0.1) is 0 Å².